The van der Waals surface area contributed by atoms with E-state index in [1.807, 2.05) is 33.8 Å². The van der Waals surface area contributed by atoms with E-state index in [2.05, 4.69) is 17.2 Å². The van der Waals surface area contributed by atoms with Crippen molar-refractivity contribution in [2.75, 3.05) is 13.1 Å². The van der Waals surface area contributed by atoms with Crippen LogP contribution in [0.3, 0.4) is 0 Å². The quantitative estimate of drug-likeness (QED) is 0.502. The van der Waals surface area contributed by atoms with Crippen LogP contribution in [-0.4, -0.2) is 62.8 Å². The summed E-state index contributed by atoms with van der Waals surface area (Å²) in [6, 6.07) is 4.66. The molecule has 2 aliphatic heterocycles. The first-order valence-corrected chi connectivity index (χ1v) is 12.6. The molecule has 198 valence electrons. The van der Waals surface area contributed by atoms with Gasteiger partial charge in [-0.1, -0.05) is 17.9 Å². The lowest BCUT2D eigenvalue weighted by Crippen LogP contribution is -2.44. The zero-order chi connectivity index (χ0) is 26.9. The number of para-hydroxylation sites is 1. The molecule has 1 aromatic carbocycles. The van der Waals surface area contributed by atoms with Crippen molar-refractivity contribution in [2.45, 2.75) is 77.2 Å². The summed E-state index contributed by atoms with van der Waals surface area (Å²) in [5.41, 5.74) is 1.02. The third kappa shape index (κ3) is 5.88. The number of piperidine rings is 2. The van der Waals surface area contributed by atoms with Gasteiger partial charge in [0.05, 0.1) is 22.7 Å². The number of carbonyl (C=O) groups excluding carboxylic acids is 3. The topological polar surface area (TPSA) is 112 Å². The van der Waals surface area contributed by atoms with Crippen molar-refractivity contribution in [2.24, 2.45) is 7.05 Å². The second-order valence-electron chi connectivity index (χ2n) is 10.6. The number of nitrogens with zero attached hydrogens (tertiary/aromatic N) is 3. The van der Waals surface area contributed by atoms with E-state index >= 15 is 0 Å². The van der Waals surface area contributed by atoms with Gasteiger partial charge in [0.2, 0.25) is 11.8 Å². The van der Waals surface area contributed by atoms with Gasteiger partial charge in [-0.05, 0) is 59.1 Å². The number of hydrogen-bond donors (Lipinski definition) is 1. The first-order chi connectivity index (χ1) is 17.4. The van der Waals surface area contributed by atoms with Gasteiger partial charge in [-0.25, -0.2) is 9.59 Å². The van der Waals surface area contributed by atoms with Crippen molar-refractivity contribution in [3.8, 4) is 11.8 Å². The van der Waals surface area contributed by atoms with Gasteiger partial charge in [0.1, 0.15) is 17.7 Å². The normalized spacial score (nSPS) is 19.8. The lowest BCUT2D eigenvalue weighted by Gasteiger charge is -2.33. The number of carbonyl (C=O) groups is 3. The molecule has 3 heterocycles. The molecule has 2 aliphatic rings. The number of fused-ring (bicyclic) bond motifs is 1. The molecule has 10 heteroatoms. The van der Waals surface area contributed by atoms with E-state index in [0.29, 0.717) is 42.5 Å². The number of hydrogen-bond acceptors (Lipinski definition) is 6. The minimum absolute atomic E-state index is 0.0169. The molecule has 3 amide bonds. The standard InChI is InChI=1S/C27H34N4O6/c1-17(36-19-13-15-30(16-14-19)26(35)37-27(2,3)4)9-10-18-7-6-8-20-23(18)29(5)25(34)31(20)21-11-12-22(32)28-24(21)33/h6-8,17,19,21H,11-16H2,1-5H3,(H,28,32,33)/t17-,21?/m0/s1. The summed E-state index contributed by atoms with van der Waals surface area (Å²) in [4.78, 5) is 51.1. The molecule has 0 aliphatic carbocycles. The van der Waals surface area contributed by atoms with Crippen LogP contribution in [-0.2, 0) is 26.1 Å². The second kappa shape index (κ2) is 10.4. The maximum atomic E-state index is 13.1. The van der Waals surface area contributed by atoms with Gasteiger partial charge < -0.3 is 14.4 Å². The predicted octanol–water partition coefficient (Wildman–Crippen LogP) is 2.47. The molecule has 0 radical (unpaired) electrons. The highest BCUT2D eigenvalue weighted by atomic mass is 16.6. The van der Waals surface area contributed by atoms with Crippen molar-refractivity contribution in [1.82, 2.24) is 19.4 Å². The fourth-order valence-electron chi connectivity index (χ4n) is 4.77. The van der Waals surface area contributed by atoms with Crippen LogP contribution in [0.1, 0.15) is 65.0 Å². The molecule has 0 bridgehead atoms. The van der Waals surface area contributed by atoms with Gasteiger partial charge in [-0.15, -0.1) is 0 Å². The Morgan fingerprint density at radius 3 is 2.49 bits per heavy atom. The van der Waals surface area contributed by atoms with Crippen LogP contribution in [0, 0.1) is 11.8 Å². The first kappa shape index (κ1) is 26.5. The van der Waals surface area contributed by atoms with E-state index in [1.165, 1.54) is 9.13 Å². The van der Waals surface area contributed by atoms with E-state index < -0.39 is 17.6 Å². The smallest absolute Gasteiger partial charge is 0.410 e. The fourth-order valence-corrected chi connectivity index (χ4v) is 4.77. The van der Waals surface area contributed by atoms with Crippen LogP contribution < -0.4 is 11.0 Å². The zero-order valence-electron chi connectivity index (χ0n) is 22.0. The largest absolute Gasteiger partial charge is 0.444 e. The molecule has 1 N–H and O–H groups in total. The van der Waals surface area contributed by atoms with Gasteiger partial charge in [-0.3, -0.25) is 24.0 Å². The Morgan fingerprint density at radius 2 is 1.84 bits per heavy atom. The Bertz CT molecular complexity index is 1330. The monoisotopic (exact) mass is 510 g/mol. The van der Waals surface area contributed by atoms with Crippen LogP contribution in [0.25, 0.3) is 11.0 Å². The second-order valence-corrected chi connectivity index (χ2v) is 10.6. The van der Waals surface area contributed by atoms with Gasteiger partial charge in [-0.2, -0.15) is 0 Å². The van der Waals surface area contributed by atoms with Crippen molar-refractivity contribution in [3.05, 3.63) is 34.2 Å². The molecular formula is C27H34N4O6. The molecule has 2 atom stereocenters. The third-order valence-corrected chi connectivity index (χ3v) is 6.52. The number of ether oxygens (including phenoxy) is 2. The van der Waals surface area contributed by atoms with E-state index in [-0.39, 0.29) is 42.7 Å². The van der Waals surface area contributed by atoms with Crippen molar-refractivity contribution in [1.29, 1.82) is 0 Å². The number of aromatic nitrogens is 2. The lowest BCUT2D eigenvalue weighted by atomic mass is 10.1. The van der Waals surface area contributed by atoms with Crippen molar-refractivity contribution in [3.63, 3.8) is 0 Å². The Hall–Kier alpha value is -3.58. The molecule has 2 fully saturated rings. The van der Waals surface area contributed by atoms with E-state index in [1.54, 1.807) is 24.1 Å². The molecule has 10 nitrogen and oxygen atoms in total. The number of nitrogens with one attached hydrogen (secondary N) is 1. The summed E-state index contributed by atoms with van der Waals surface area (Å²) in [6.45, 7) is 8.56. The molecule has 1 aromatic heterocycles. The highest BCUT2D eigenvalue weighted by Gasteiger charge is 2.32. The number of aryl methyl sites for hydroxylation is 1. The Kier molecular flexibility index (Phi) is 7.46. The molecule has 0 saturated carbocycles. The SMILES string of the molecule is C[C@@H](C#Cc1cccc2c1n(C)c(=O)n2C1CCC(=O)NC1=O)OC1CCN(C(=O)OC(C)(C)C)CC1. The van der Waals surface area contributed by atoms with Crippen molar-refractivity contribution < 1.29 is 23.9 Å². The minimum Gasteiger partial charge on any atom is -0.444 e. The molecule has 4 rings (SSSR count). The van der Waals surface area contributed by atoms with Gasteiger partial charge in [0.15, 0.2) is 0 Å². The minimum atomic E-state index is -0.745. The van der Waals surface area contributed by atoms with Crippen LogP contribution >= 0.6 is 0 Å². The van der Waals surface area contributed by atoms with Gasteiger partial charge in [0.25, 0.3) is 0 Å². The van der Waals surface area contributed by atoms with E-state index in [4.69, 9.17) is 9.47 Å². The van der Waals surface area contributed by atoms with Crippen LogP contribution in [0.5, 0.6) is 0 Å². The van der Waals surface area contributed by atoms with Crippen LogP contribution in [0.4, 0.5) is 4.79 Å². The van der Waals surface area contributed by atoms with E-state index in [0.717, 1.165) is 0 Å². The number of amides is 3. The first-order valence-electron chi connectivity index (χ1n) is 12.6. The molecule has 37 heavy (non-hydrogen) atoms. The number of benzene rings is 1. The molecule has 2 saturated heterocycles. The Morgan fingerprint density at radius 1 is 1.14 bits per heavy atom. The zero-order valence-corrected chi connectivity index (χ0v) is 22.0. The number of rotatable bonds is 3. The van der Waals surface area contributed by atoms with Gasteiger partial charge in [0, 0.05) is 26.6 Å². The highest BCUT2D eigenvalue weighted by Crippen LogP contribution is 2.25. The fraction of sp³-hybridized carbons (Fsp3) is 0.556. The Labute approximate surface area is 215 Å². The lowest BCUT2D eigenvalue weighted by molar-refractivity contribution is -0.135. The third-order valence-electron chi connectivity index (χ3n) is 6.52. The summed E-state index contributed by atoms with van der Waals surface area (Å²) in [5, 5.41) is 2.32. The summed E-state index contributed by atoms with van der Waals surface area (Å²) in [5.74, 6) is 5.47. The molecular weight excluding hydrogens is 476 g/mol. The molecule has 0 spiro atoms. The van der Waals surface area contributed by atoms with E-state index in [9.17, 15) is 19.2 Å². The van der Waals surface area contributed by atoms with Crippen LogP contribution in [0.2, 0.25) is 0 Å². The Balaban J connectivity index is 1.46. The average molecular weight is 511 g/mol. The molecule has 2 aromatic rings. The van der Waals surface area contributed by atoms with Gasteiger partial charge >= 0.3 is 11.8 Å². The van der Waals surface area contributed by atoms with Crippen molar-refractivity contribution >= 4 is 28.9 Å². The number of likely N-dealkylation sites (tertiary alicyclic amines) is 1. The maximum Gasteiger partial charge on any atom is 0.410 e. The highest BCUT2D eigenvalue weighted by molar-refractivity contribution is 6.00. The summed E-state index contributed by atoms with van der Waals surface area (Å²) in [7, 11) is 1.65. The maximum absolute atomic E-state index is 13.1. The molecule has 1 unspecified atom stereocenters. The average Bonchev–Trinajstić information content (AvgIpc) is 3.08. The number of imidazole rings is 1. The summed E-state index contributed by atoms with van der Waals surface area (Å²) < 4.78 is 14.5. The van der Waals surface area contributed by atoms with Crippen LogP contribution in [0.15, 0.2) is 23.0 Å². The summed E-state index contributed by atoms with van der Waals surface area (Å²) >= 11 is 0. The number of imide groups is 1. The summed E-state index contributed by atoms with van der Waals surface area (Å²) in [6.07, 6.45) is 1.18. The predicted molar refractivity (Wildman–Crippen MR) is 137 cm³/mol.